The molecular weight excluding hydrogens is 214 g/mol. The van der Waals surface area contributed by atoms with Gasteiger partial charge in [-0.05, 0) is 37.6 Å². The van der Waals surface area contributed by atoms with E-state index in [0.717, 1.165) is 30.5 Å². The maximum absolute atomic E-state index is 12.3. The second-order valence-corrected chi connectivity index (χ2v) is 4.85. The predicted octanol–water partition coefficient (Wildman–Crippen LogP) is 1.18. The largest absolute Gasteiger partial charge is 0.329 e. The summed E-state index contributed by atoms with van der Waals surface area (Å²) in [6, 6.07) is 6.49. The Morgan fingerprint density at radius 1 is 1.35 bits per heavy atom. The van der Waals surface area contributed by atoms with Gasteiger partial charge >= 0.3 is 5.69 Å². The van der Waals surface area contributed by atoms with Crippen molar-refractivity contribution in [2.24, 2.45) is 7.05 Å². The molecule has 1 aliphatic heterocycles. The molecule has 17 heavy (non-hydrogen) atoms. The van der Waals surface area contributed by atoms with E-state index in [1.54, 1.807) is 4.57 Å². The normalized spacial score (nSPS) is 20.2. The molecule has 4 heteroatoms. The van der Waals surface area contributed by atoms with E-state index in [4.69, 9.17) is 0 Å². The van der Waals surface area contributed by atoms with Gasteiger partial charge in [0.05, 0.1) is 17.1 Å². The van der Waals surface area contributed by atoms with Crippen LogP contribution in [0.4, 0.5) is 0 Å². The highest BCUT2D eigenvalue weighted by Crippen LogP contribution is 2.21. The summed E-state index contributed by atoms with van der Waals surface area (Å²) < 4.78 is 3.69. The summed E-state index contributed by atoms with van der Waals surface area (Å²) in [7, 11) is 1.85. The predicted molar refractivity (Wildman–Crippen MR) is 68.4 cm³/mol. The first-order chi connectivity index (χ1) is 8.18. The lowest BCUT2D eigenvalue weighted by atomic mass is 10.2. The molecule has 1 saturated heterocycles. The van der Waals surface area contributed by atoms with Gasteiger partial charge in [0.1, 0.15) is 0 Å². The molecule has 4 nitrogen and oxygen atoms in total. The fraction of sp³-hybridized carbons (Fsp3) is 0.462. The van der Waals surface area contributed by atoms with E-state index in [0.29, 0.717) is 6.04 Å². The van der Waals surface area contributed by atoms with Gasteiger partial charge in [-0.2, -0.15) is 0 Å². The summed E-state index contributed by atoms with van der Waals surface area (Å²) in [4.78, 5) is 12.3. The summed E-state index contributed by atoms with van der Waals surface area (Å²) in [6.07, 6.45) is 1.03. The second-order valence-electron chi connectivity index (χ2n) is 4.85. The van der Waals surface area contributed by atoms with Crippen LogP contribution in [0.1, 0.15) is 18.0 Å². The Labute approximate surface area is 99.9 Å². The van der Waals surface area contributed by atoms with E-state index < -0.39 is 0 Å². The molecule has 1 aliphatic rings. The summed E-state index contributed by atoms with van der Waals surface area (Å²) in [5.41, 5.74) is 3.38. The molecule has 1 N–H and O–H groups in total. The molecule has 0 radical (unpaired) electrons. The summed E-state index contributed by atoms with van der Waals surface area (Å²) in [5.74, 6) is 0. The van der Waals surface area contributed by atoms with Crippen LogP contribution in [-0.4, -0.2) is 22.2 Å². The molecule has 1 aromatic heterocycles. The first-order valence-electron chi connectivity index (χ1n) is 6.07. The van der Waals surface area contributed by atoms with Crippen LogP contribution < -0.4 is 11.0 Å². The van der Waals surface area contributed by atoms with Gasteiger partial charge < -0.3 is 5.32 Å². The lowest BCUT2D eigenvalue weighted by Crippen LogP contribution is -2.27. The number of imidazole rings is 1. The molecule has 0 bridgehead atoms. The number of aromatic nitrogens is 2. The Kier molecular flexibility index (Phi) is 2.33. The number of fused-ring (bicyclic) bond motifs is 1. The summed E-state index contributed by atoms with van der Waals surface area (Å²) >= 11 is 0. The minimum Gasteiger partial charge on any atom is -0.315 e. The van der Waals surface area contributed by atoms with Gasteiger partial charge in [-0.15, -0.1) is 0 Å². The number of nitrogens with zero attached hydrogens (tertiary/aromatic N) is 2. The topological polar surface area (TPSA) is 39.0 Å². The Morgan fingerprint density at radius 2 is 2.18 bits per heavy atom. The van der Waals surface area contributed by atoms with Crippen molar-refractivity contribution in [1.82, 2.24) is 14.5 Å². The highest BCUT2D eigenvalue weighted by Gasteiger charge is 2.22. The third-order valence-corrected chi connectivity index (χ3v) is 3.64. The van der Waals surface area contributed by atoms with Crippen molar-refractivity contribution in [3.8, 4) is 0 Å². The number of hydrogen-bond donors (Lipinski definition) is 1. The maximum atomic E-state index is 12.3. The lowest BCUT2D eigenvalue weighted by Gasteiger charge is -2.10. The van der Waals surface area contributed by atoms with Gasteiger partial charge in [0.15, 0.2) is 0 Å². The molecule has 0 saturated carbocycles. The molecular formula is C13H17N3O. The molecule has 2 heterocycles. The van der Waals surface area contributed by atoms with Crippen LogP contribution in [0, 0.1) is 6.92 Å². The first-order valence-corrected chi connectivity index (χ1v) is 6.07. The van der Waals surface area contributed by atoms with E-state index in [1.165, 1.54) is 5.56 Å². The Hall–Kier alpha value is -1.55. The highest BCUT2D eigenvalue weighted by molar-refractivity contribution is 5.77. The molecule has 0 spiro atoms. The van der Waals surface area contributed by atoms with Crippen molar-refractivity contribution in [3.63, 3.8) is 0 Å². The van der Waals surface area contributed by atoms with Crippen LogP contribution in [0.15, 0.2) is 23.0 Å². The summed E-state index contributed by atoms with van der Waals surface area (Å²) in [6.45, 7) is 3.96. The van der Waals surface area contributed by atoms with Gasteiger partial charge in [-0.1, -0.05) is 6.07 Å². The standard InChI is InChI=1S/C13H17N3O/c1-9-3-4-11-12(7-9)16(13(17)15(11)2)10-5-6-14-8-10/h3-4,7,10,14H,5-6,8H2,1-2H3. The van der Waals surface area contributed by atoms with Crippen molar-refractivity contribution >= 4 is 11.0 Å². The zero-order valence-corrected chi connectivity index (χ0v) is 10.2. The zero-order valence-electron chi connectivity index (χ0n) is 10.2. The van der Waals surface area contributed by atoms with Gasteiger partial charge in [0.25, 0.3) is 0 Å². The van der Waals surface area contributed by atoms with E-state index >= 15 is 0 Å². The molecule has 3 rings (SSSR count). The van der Waals surface area contributed by atoms with E-state index in [1.807, 2.05) is 17.7 Å². The number of rotatable bonds is 1. The van der Waals surface area contributed by atoms with Gasteiger partial charge in [0.2, 0.25) is 0 Å². The van der Waals surface area contributed by atoms with Crippen molar-refractivity contribution in [1.29, 1.82) is 0 Å². The van der Waals surface area contributed by atoms with Crippen molar-refractivity contribution < 1.29 is 0 Å². The second kappa shape index (κ2) is 3.74. The Morgan fingerprint density at radius 3 is 2.88 bits per heavy atom. The zero-order chi connectivity index (χ0) is 12.0. The number of hydrogen-bond acceptors (Lipinski definition) is 2. The maximum Gasteiger partial charge on any atom is 0.329 e. The smallest absolute Gasteiger partial charge is 0.315 e. The lowest BCUT2D eigenvalue weighted by molar-refractivity contribution is 0.535. The van der Waals surface area contributed by atoms with Crippen LogP contribution in [0.2, 0.25) is 0 Å². The van der Waals surface area contributed by atoms with E-state index in [2.05, 4.69) is 24.4 Å². The molecule has 0 amide bonds. The monoisotopic (exact) mass is 231 g/mol. The van der Waals surface area contributed by atoms with Gasteiger partial charge in [0, 0.05) is 13.6 Å². The van der Waals surface area contributed by atoms with Gasteiger partial charge in [-0.3, -0.25) is 9.13 Å². The third-order valence-electron chi connectivity index (χ3n) is 3.64. The SMILES string of the molecule is Cc1ccc2c(c1)n(C1CCNC1)c(=O)n2C. The van der Waals surface area contributed by atoms with Crippen molar-refractivity contribution in [3.05, 3.63) is 34.2 Å². The Bertz CT molecular complexity index is 617. The minimum absolute atomic E-state index is 0.0966. The van der Waals surface area contributed by atoms with Crippen LogP contribution in [0.3, 0.4) is 0 Å². The molecule has 1 atom stereocenters. The number of benzene rings is 1. The van der Waals surface area contributed by atoms with E-state index in [9.17, 15) is 4.79 Å². The van der Waals surface area contributed by atoms with E-state index in [-0.39, 0.29) is 5.69 Å². The average Bonchev–Trinajstić information content (AvgIpc) is 2.88. The molecule has 0 aliphatic carbocycles. The number of aryl methyl sites for hydroxylation is 2. The van der Waals surface area contributed by atoms with Crippen molar-refractivity contribution in [2.45, 2.75) is 19.4 Å². The highest BCUT2D eigenvalue weighted by atomic mass is 16.1. The van der Waals surface area contributed by atoms with Gasteiger partial charge in [-0.25, -0.2) is 4.79 Å². The molecule has 2 aromatic rings. The molecule has 90 valence electrons. The van der Waals surface area contributed by atoms with Crippen LogP contribution in [0.5, 0.6) is 0 Å². The average molecular weight is 231 g/mol. The Balaban J connectivity index is 2.31. The quantitative estimate of drug-likeness (QED) is 0.800. The first kappa shape index (κ1) is 10.6. The molecule has 1 unspecified atom stereocenters. The molecule has 1 aromatic carbocycles. The van der Waals surface area contributed by atoms with Crippen LogP contribution in [-0.2, 0) is 7.05 Å². The fourth-order valence-corrected chi connectivity index (χ4v) is 2.69. The van der Waals surface area contributed by atoms with Crippen LogP contribution >= 0.6 is 0 Å². The molecule has 1 fully saturated rings. The third kappa shape index (κ3) is 1.52. The fourth-order valence-electron chi connectivity index (χ4n) is 2.69. The van der Waals surface area contributed by atoms with Crippen molar-refractivity contribution in [2.75, 3.05) is 13.1 Å². The summed E-state index contributed by atoms with van der Waals surface area (Å²) in [5, 5.41) is 3.32. The minimum atomic E-state index is 0.0966. The van der Waals surface area contributed by atoms with Crippen LogP contribution in [0.25, 0.3) is 11.0 Å². The number of nitrogens with one attached hydrogen (secondary N) is 1.